The lowest BCUT2D eigenvalue weighted by atomic mass is 9.84. The third-order valence-electron chi connectivity index (χ3n) is 3.12. The second kappa shape index (κ2) is 6.27. The van der Waals surface area contributed by atoms with Gasteiger partial charge in [0.15, 0.2) is 0 Å². The first-order valence-corrected chi connectivity index (χ1v) is 6.82. The Labute approximate surface area is 101 Å². The molecule has 0 radical (unpaired) electrons. The van der Waals surface area contributed by atoms with Crippen molar-refractivity contribution in [2.45, 2.75) is 66.2 Å². The summed E-state index contributed by atoms with van der Waals surface area (Å²) >= 11 is 0. The summed E-state index contributed by atoms with van der Waals surface area (Å²) in [6.45, 7) is 10.1. The molecule has 0 aromatic carbocycles. The van der Waals surface area contributed by atoms with Gasteiger partial charge >= 0.3 is 0 Å². The summed E-state index contributed by atoms with van der Waals surface area (Å²) in [4.78, 5) is 0. The minimum Gasteiger partial charge on any atom is -0.310 e. The van der Waals surface area contributed by atoms with Crippen LogP contribution < -0.4 is 5.43 Å². The summed E-state index contributed by atoms with van der Waals surface area (Å²) in [5.41, 5.74) is 4.99. The molecule has 0 bridgehead atoms. The number of nitrogens with one attached hydrogen (secondary N) is 1. The van der Waals surface area contributed by atoms with Crippen molar-refractivity contribution in [1.29, 1.82) is 0 Å². The average Bonchev–Trinajstić information content (AvgIpc) is 2.67. The molecule has 0 saturated heterocycles. The molecule has 2 heteroatoms. The summed E-state index contributed by atoms with van der Waals surface area (Å²) < 4.78 is 0. The number of nitrogens with zero attached hydrogens (tertiary/aromatic N) is 1. The summed E-state index contributed by atoms with van der Waals surface area (Å²) in [6.07, 6.45) is 7.76. The maximum Gasteiger partial charge on any atom is 0.0414 e. The smallest absolute Gasteiger partial charge is 0.0414 e. The van der Waals surface area contributed by atoms with Gasteiger partial charge in [0.25, 0.3) is 0 Å². The zero-order valence-electron chi connectivity index (χ0n) is 11.5. The van der Waals surface area contributed by atoms with E-state index in [-0.39, 0.29) is 0 Å². The number of rotatable bonds is 5. The van der Waals surface area contributed by atoms with Gasteiger partial charge in [0.05, 0.1) is 0 Å². The highest BCUT2D eigenvalue weighted by Gasteiger charge is 2.24. The van der Waals surface area contributed by atoms with Gasteiger partial charge < -0.3 is 5.43 Å². The second-order valence-corrected chi connectivity index (χ2v) is 6.23. The lowest BCUT2D eigenvalue weighted by Crippen LogP contribution is -2.23. The van der Waals surface area contributed by atoms with Crippen LogP contribution in [0, 0.1) is 11.3 Å². The molecule has 0 aromatic heterocycles. The Balaban J connectivity index is 2.56. The van der Waals surface area contributed by atoms with Gasteiger partial charge in [0.2, 0.25) is 0 Å². The predicted molar refractivity (Wildman–Crippen MR) is 71.8 cm³/mol. The van der Waals surface area contributed by atoms with Crippen LogP contribution in [0.15, 0.2) is 5.10 Å². The minimum atomic E-state index is 0.356. The van der Waals surface area contributed by atoms with Crippen molar-refractivity contribution in [3.63, 3.8) is 0 Å². The van der Waals surface area contributed by atoms with Crippen LogP contribution in [0.2, 0.25) is 0 Å². The highest BCUT2D eigenvalue weighted by atomic mass is 15.3. The first-order chi connectivity index (χ1) is 7.53. The molecular weight excluding hydrogens is 196 g/mol. The van der Waals surface area contributed by atoms with Crippen LogP contribution in [0.1, 0.15) is 66.2 Å². The summed E-state index contributed by atoms with van der Waals surface area (Å²) in [6, 6.07) is 0. The fourth-order valence-corrected chi connectivity index (χ4v) is 2.35. The fourth-order valence-electron chi connectivity index (χ4n) is 2.35. The first-order valence-electron chi connectivity index (χ1n) is 6.82. The summed E-state index contributed by atoms with van der Waals surface area (Å²) in [5, 5.41) is 4.65. The van der Waals surface area contributed by atoms with Crippen LogP contribution in [-0.4, -0.2) is 12.3 Å². The van der Waals surface area contributed by atoms with E-state index in [2.05, 4.69) is 38.2 Å². The Morgan fingerprint density at radius 1 is 1.25 bits per heavy atom. The van der Waals surface area contributed by atoms with E-state index in [0.717, 1.165) is 25.3 Å². The van der Waals surface area contributed by atoms with Crippen molar-refractivity contribution < 1.29 is 0 Å². The molecule has 2 nitrogen and oxygen atoms in total. The van der Waals surface area contributed by atoms with E-state index in [4.69, 9.17) is 0 Å². The second-order valence-electron chi connectivity index (χ2n) is 6.23. The van der Waals surface area contributed by atoms with Crippen LogP contribution in [-0.2, 0) is 0 Å². The van der Waals surface area contributed by atoms with Crippen molar-refractivity contribution in [3.05, 3.63) is 0 Å². The lowest BCUT2D eigenvalue weighted by molar-refractivity contribution is 0.422. The van der Waals surface area contributed by atoms with Crippen LogP contribution in [0.3, 0.4) is 0 Å². The van der Waals surface area contributed by atoms with Crippen molar-refractivity contribution in [2.24, 2.45) is 16.4 Å². The molecule has 0 heterocycles. The molecule has 1 fully saturated rings. The molecule has 0 aliphatic heterocycles. The van der Waals surface area contributed by atoms with Crippen molar-refractivity contribution in [2.75, 3.05) is 6.54 Å². The van der Waals surface area contributed by atoms with Gasteiger partial charge in [-0.05, 0) is 37.0 Å². The van der Waals surface area contributed by atoms with Gasteiger partial charge in [-0.3, -0.25) is 0 Å². The molecule has 0 unspecified atom stereocenters. The molecule has 0 atom stereocenters. The van der Waals surface area contributed by atoms with Gasteiger partial charge in [-0.15, -0.1) is 0 Å². The van der Waals surface area contributed by atoms with Crippen LogP contribution >= 0.6 is 0 Å². The third kappa shape index (κ3) is 5.00. The predicted octanol–water partition coefficient (Wildman–Crippen LogP) is 3.97. The van der Waals surface area contributed by atoms with Gasteiger partial charge in [-0.1, -0.05) is 40.5 Å². The van der Waals surface area contributed by atoms with Crippen molar-refractivity contribution >= 4 is 5.71 Å². The number of hydrogen-bond donors (Lipinski definition) is 1. The topological polar surface area (TPSA) is 24.4 Å². The van der Waals surface area contributed by atoms with E-state index >= 15 is 0 Å². The van der Waals surface area contributed by atoms with E-state index in [1.807, 2.05) is 0 Å². The molecule has 1 N–H and O–H groups in total. The Bertz CT molecular complexity index is 219. The molecule has 0 spiro atoms. The normalized spacial score (nSPS) is 19.1. The maximum absolute atomic E-state index is 4.65. The van der Waals surface area contributed by atoms with Crippen LogP contribution in [0.25, 0.3) is 0 Å². The molecule has 0 amide bonds. The number of hydrogen-bond acceptors (Lipinski definition) is 2. The average molecular weight is 224 g/mol. The summed E-state index contributed by atoms with van der Waals surface area (Å²) in [7, 11) is 0. The molecule has 1 rings (SSSR count). The van der Waals surface area contributed by atoms with Crippen LogP contribution in [0.4, 0.5) is 0 Å². The number of hydrazone groups is 1. The maximum atomic E-state index is 4.65. The molecular formula is C14H28N2. The first kappa shape index (κ1) is 13.5. The van der Waals surface area contributed by atoms with E-state index in [1.165, 1.54) is 31.4 Å². The van der Waals surface area contributed by atoms with E-state index in [1.54, 1.807) is 0 Å². The SMILES string of the molecule is CCCN/N=C(\CC(C)(C)C)C1CCCC1. The monoisotopic (exact) mass is 224 g/mol. The van der Waals surface area contributed by atoms with Gasteiger partial charge in [-0.2, -0.15) is 5.10 Å². The van der Waals surface area contributed by atoms with Gasteiger partial charge in [0, 0.05) is 12.3 Å². The van der Waals surface area contributed by atoms with E-state index in [9.17, 15) is 0 Å². The highest BCUT2D eigenvalue weighted by molar-refractivity contribution is 5.87. The molecule has 0 aromatic rings. The van der Waals surface area contributed by atoms with Crippen LogP contribution in [0.5, 0.6) is 0 Å². The summed E-state index contributed by atoms with van der Waals surface area (Å²) in [5.74, 6) is 0.753. The van der Waals surface area contributed by atoms with Crippen molar-refractivity contribution in [3.8, 4) is 0 Å². The molecule has 1 aliphatic carbocycles. The molecule has 94 valence electrons. The Hall–Kier alpha value is -0.530. The Morgan fingerprint density at radius 3 is 2.38 bits per heavy atom. The largest absolute Gasteiger partial charge is 0.310 e. The van der Waals surface area contributed by atoms with Crippen molar-refractivity contribution in [1.82, 2.24) is 5.43 Å². The standard InChI is InChI=1S/C14H28N2/c1-5-10-15-16-13(11-14(2,3)4)12-8-6-7-9-12/h12,15H,5-11H2,1-4H3/b16-13+. The third-order valence-corrected chi connectivity index (χ3v) is 3.12. The Kier molecular flexibility index (Phi) is 5.30. The molecule has 1 saturated carbocycles. The zero-order chi connectivity index (χ0) is 12.0. The fraction of sp³-hybridized carbons (Fsp3) is 0.929. The van der Waals surface area contributed by atoms with E-state index < -0.39 is 0 Å². The lowest BCUT2D eigenvalue weighted by Gasteiger charge is -2.23. The van der Waals surface area contributed by atoms with E-state index in [0.29, 0.717) is 5.41 Å². The van der Waals surface area contributed by atoms with Gasteiger partial charge in [0.1, 0.15) is 0 Å². The quantitative estimate of drug-likeness (QED) is 0.426. The Morgan fingerprint density at radius 2 is 1.88 bits per heavy atom. The highest BCUT2D eigenvalue weighted by Crippen LogP contribution is 2.31. The molecule has 16 heavy (non-hydrogen) atoms. The molecule has 1 aliphatic rings. The zero-order valence-corrected chi connectivity index (χ0v) is 11.5. The minimum absolute atomic E-state index is 0.356. The van der Waals surface area contributed by atoms with Gasteiger partial charge in [-0.25, -0.2) is 0 Å².